The molecule has 0 radical (unpaired) electrons. The SMILES string of the molecule is CCOC1(CN(C)C(=O)N[C@@H]2C[C@H]3CC[C@@H]2O3)CCSCC1. The highest BCUT2D eigenvalue weighted by atomic mass is 32.2. The highest BCUT2D eigenvalue weighted by molar-refractivity contribution is 7.99. The van der Waals surface area contributed by atoms with Crippen molar-refractivity contribution in [1.29, 1.82) is 0 Å². The molecule has 5 nitrogen and oxygen atoms in total. The van der Waals surface area contributed by atoms with Gasteiger partial charge in [-0.05, 0) is 50.5 Å². The van der Waals surface area contributed by atoms with Gasteiger partial charge in [0.05, 0.1) is 30.4 Å². The summed E-state index contributed by atoms with van der Waals surface area (Å²) in [6.07, 6.45) is 5.86. The molecule has 0 aromatic heterocycles. The summed E-state index contributed by atoms with van der Waals surface area (Å²) in [5.41, 5.74) is -0.155. The van der Waals surface area contributed by atoms with Crippen LogP contribution < -0.4 is 5.32 Å². The third-order valence-corrected chi connectivity index (χ3v) is 6.13. The van der Waals surface area contributed by atoms with E-state index >= 15 is 0 Å². The second kappa shape index (κ2) is 6.97. The van der Waals surface area contributed by atoms with Crippen LogP contribution in [-0.4, -0.2) is 66.5 Å². The number of carbonyl (C=O) groups is 1. The normalized spacial score (nSPS) is 32.9. The number of rotatable bonds is 5. The van der Waals surface area contributed by atoms with Gasteiger partial charge in [0.1, 0.15) is 0 Å². The molecule has 2 bridgehead atoms. The van der Waals surface area contributed by atoms with E-state index in [1.54, 1.807) is 4.90 Å². The summed E-state index contributed by atoms with van der Waals surface area (Å²) in [6.45, 7) is 3.42. The van der Waals surface area contributed by atoms with Crippen molar-refractivity contribution in [3.05, 3.63) is 0 Å². The molecule has 3 rings (SSSR count). The highest BCUT2D eigenvalue weighted by Gasteiger charge is 2.42. The molecule has 6 heteroatoms. The van der Waals surface area contributed by atoms with Crippen LogP contribution >= 0.6 is 11.8 Å². The lowest BCUT2D eigenvalue weighted by Gasteiger charge is -2.39. The lowest BCUT2D eigenvalue weighted by molar-refractivity contribution is -0.0573. The van der Waals surface area contributed by atoms with Gasteiger partial charge in [-0.1, -0.05) is 0 Å². The third-order valence-electron chi connectivity index (χ3n) is 5.14. The van der Waals surface area contributed by atoms with Crippen molar-refractivity contribution in [1.82, 2.24) is 10.2 Å². The molecule has 3 fully saturated rings. The molecule has 2 amide bonds. The Morgan fingerprint density at radius 3 is 2.77 bits per heavy atom. The minimum atomic E-state index is -0.155. The van der Waals surface area contributed by atoms with Crippen molar-refractivity contribution >= 4 is 17.8 Å². The van der Waals surface area contributed by atoms with Crippen LogP contribution in [0, 0.1) is 0 Å². The summed E-state index contributed by atoms with van der Waals surface area (Å²) in [4.78, 5) is 14.3. The zero-order valence-corrected chi connectivity index (χ0v) is 14.5. The first-order chi connectivity index (χ1) is 10.6. The Balaban J connectivity index is 1.53. The van der Waals surface area contributed by atoms with E-state index in [1.807, 2.05) is 25.7 Å². The molecule has 0 saturated carbocycles. The van der Waals surface area contributed by atoms with E-state index in [-0.39, 0.29) is 23.8 Å². The molecule has 3 atom stereocenters. The van der Waals surface area contributed by atoms with Gasteiger partial charge in [-0.25, -0.2) is 4.79 Å². The standard InChI is InChI=1S/C16H28N2O3S/c1-3-20-16(6-8-22-9-7-16)11-18(2)15(19)17-13-10-12-4-5-14(13)21-12/h12-14H,3-11H2,1-2H3,(H,17,19)/t12-,13-,14+/m1/s1. The van der Waals surface area contributed by atoms with Gasteiger partial charge in [0, 0.05) is 13.7 Å². The van der Waals surface area contributed by atoms with E-state index in [0.29, 0.717) is 19.3 Å². The largest absolute Gasteiger partial charge is 0.373 e. The number of nitrogens with one attached hydrogen (secondary N) is 1. The van der Waals surface area contributed by atoms with Gasteiger partial charge >= 0.3 is 6.03 Å². The quantitative estimate of drug-likeness (QED) is 0.841. The zero-order chi connectivity index (χ0) is 15.6. The first kappa shape index (κ1) is 16.4. The van der Waals surface area contributed by atoms with E-state index < -0.39 is 0 Å². The van der Waals surface area contributed by atoms with Crippen LogP contribution in [0.1, 0.15) is 39.0 Å². The van der Waals surface area contributed by atoms with Crippen molar-refractivity contribution in [2.45, 2.75) is 62.9 Å². The lowest BCUT2D eigenvalue weighted by Crippen LogP contribution is -2.53. The number of carbonyl (C=O) groups excluding carboxylic acids is 1. The molecule has 0 unspecified atom stereocenters. The van der Waals surface area contributed by atoms with E-state index in [9.17, 15) is 4.79 Å². The van der Waals surface area contributed by atoms with Crippen LogP contribution in [0.5, 0.6) is 0 Å². The number of fused-ring (bicyclic) bond motifs is 2. The molecule has 0 aromatic carbocycles. The van der Waals surface area contributed by atoms with Crippen LogP contribution in [0.3, 0.4) is 0 Å². The molecule has 3 saturated heterocycles. The number of ether oxygens (including phenoxy) is 2. The predicted octanol–water partition coefficient (Wildman–Crippen LogP) is 2.25. The molecule has 0 spiro atoms. The van der Waals surface area contributed by atoms with Gasteiger partial charge in [0.25, 0.3) is 0 Å². The fraction of sp³-hybridized carbons (Fsp3) is 0.938. The maximum atomic E-state index is 12.5. The average molecular weight is 328 g/mol. The van der Waals surface area contributed by atoms with Crippen LogP contribution in [0.2, 0.25) is 0 Å². The maximum Gasteiger partial charge on any atom is 0.317 e. The number of urea groups is 1. The van der Waals surface area contributed by atoms with Crippen molar-refractivity contribution < 1.29 is 14.3 Å². The molecule has 3 aliphatic rings. The Bertz CT molecular complexity index is 395. The Hall–Kier alpha value is -0.460. The maximum absolute atomic E-state index is 12.5. The summed E-state index contributed by atoms with van der Waals surface area (Å²) in [5, 5.41) is 3.16. The van der Waals surface area contributed by atoms with Gasteiger partial charge in [-0.15, -0.1) is 0 Å². The monoisotopic (exact) mass is 328 g/mol. The third kappa shape index (κ3) is 3.54. The van der Waals surface area contributed by atoms with E-state index in [1.165, 1.54) is 0 Å². The van der Waals surface area contributed by atoms with E-state index in [0.717, 1.165) is 43.6 Å². The molecule has 0 aliphatic carbocycles. The molecule has 0 aromatic rings. The number of thioether (sulfide) groups is 1. The average Bonchev–Trinajstić information content (AvgIpc) is 3.11. The van der Waals surface area contributed by atoms with Crippen LogP contribution in [0.15, 0.2) is 0 Å². The molecule has 22 heavy (non-hydrogen) atoms. The highest BCUT2D eigenvalue weighted by Crippen LogP contribution is 2.35. The van der Waals surface area contributed by atoms with Gasteiger partial charge in [-0.2, -0.15) is 11.8 Å². The Morgan fingerprint density at radius 1 is 1.41 bits per heavy atom. The smallest absolute Gasteiger partial charge is 0.317 e. The summed E-state index contributed by atoms with van der Waals surface area (Å²) < 4.78 is 11.9. The topological polar surface area (TPSA) is 50.8 Å². The fourth-order valence-corrected chi connectivity index (χ4v) is 5.20. The van der Waals surface area contributed by atoms with Crippen molar-refractivity contribution in [3.63, 3.8) is 0 Å². The van der Waals surface area contributed by atoms with Gasteiger partial charge in [-0.3, -0.25) is 0 Å². The minimum Gasteiger partial charge on any atom is -0.373 e. The van der Waals surface area contributed by atoms with Gasteiger partial charge in [0.15, 0.2) is 0 Å². The zero-order valence-electron chi connectivity index (χ0n) is 13.7. The van der Waals surface area contributed by atoms with Crippen LogP contribution in [-0.2, 0) is 9.47 Å². The van der Waals surface area contributed by atoms with Gasteiger partial charge in [0.2, 0.25) is 0 Å². The molecular weight excluding hydrogens is 300 g/mol. The molecule has 3 aliphatic heterocycles. The fourth-order valence-electron chi connectivity index (χ4n) is 3.96. The molecule has 3 heterocycles. The van der Waals surface area contributed by atoms with E-state index in [2.05, 4.69) is 5.32 Å². The number of hydrogen-bond donors (Lipinski definition) is 1. The Kier molecular flexibility index (Phi) is 5.20. The minimum absolute atomic E-state index is 0.0125. The number of amides is 2. The predicted molar refractivity (Wildman–Crippen MR) is 88.4 cm³/mol. The second-order valence-corrected chi connectivity index (χ2v) is 7.97. The van der Waals surface area contributed by atoms with Crippen LogP contribution in [0.25, 0.3) is 0 Å². The van der Waals surface area contributed by atoms with Crippen LogP contribution in [0.4, 0.5) is 4.79 Å². The molecular formula is C16H28N2O3S. The molecule has 126 valence electrons. The van der Waals surface area contributed by atoms with Gasteiger partial charge < -0.3 is 19.7 Å². The van der Waals surface area contributed by atoms with Crippen molar-refractivity contribution in [2.75, 3.05) is 31.7 Å². The molecule has 1 N–H and O–H groups in total. The lowest BCUT2D eigenvalue weighted by atomic mass is 9.95. The first-order valence-electron chi connectivity index (χ1n) is 8.51. The Labute approximate surface area is 137 Å². The summed E-state index contributed by atoms with van der Waals surface area (Å²) in [5.74, 6) is 2.24. The first-order valence-corrected chi connectivity index (χ1v) is 9.66. The number of nitrogens with zero attached hydrogens (tertiary/aromatic N) is 1. The van der Waals surface area contributed by atoms with Crippen molar-refractivity contribution in [2.24, 2.45) is 0 Å². The summed E-state index contributed by atoms with van der Waals surface area (Å²) >= 11 is 1.98. The van der Waals surface area contributed by atoms with Crippen molar-refractivity contribution in [3.8, 4) is 0 Å². The summed E-state index contributed by atoms with van der Waals surface area (Å²) in [7, 11) is 1.88. The number of likely N-dealkylation sites (N-methyl/N-ethyl adjacent to an activating group) is 1. The van der Waals surface area contributed by atoms with E-state index in [4.69, 9.17) is 9.47 Å². The summed E-state index contributed by atoms with van der Waals surface area (Å²) in [6, 6.07) is 0.206. The second-order valence-electron chi connectivity index (χ2n) is 6.75. The number of hydrogen-bond acceptors (Lipinski definition) is 4. The Morgan fingerprint density at radius 2 is 2.18 bits per heavy atom.